The fourth-order valence-corrected chi connectivity index (χ4v) is 1.82. The predicted molar refractivity (Wildman–Crippen MR) is 73.3 cm³/mol. The minimum atomic E-state index is -0.809. The second-order valence-electron chi connectivity index (χ2n) is 5.19. The van der Waals surface area contributed by atoms with Gasteiger partial charge in [-0.05, 0) is 46.6 Å². The van der Waals surface area contributed by atoms with Gasteiger partial charge in [-0.25, -0.2) is 0 Å². The number of hydrogen-bond acceptors (Lipinski definition) is 4. The van der Waals surface area contributed by atoms with Crippen LogP contribution in [0.2, 0.25) is 0 Å². The van der Waals surface area contributed by atoms with E-state index in [0.29, 0.717) is 19.5 Å². The van der Waals surface area contributed by atoms with E-state index in [4.69, 9.17) is 10.2 Å². The van der Waals surface area contributed by atoms with Crippen molar-refractivity contribution in [1.29, 1.82) is 0 Å². The molecule has 2 N–H and O–H groups in total. The third kappa shape index (κ3) is 10.5. The van der Waals surface area contributed by atoms with Gasteiger partial charge in [0.25, 0.3) is 0 Å². The fourth-order valence-electron chi connectivity index (χ4n) is 1.82. The molecule has 0 saturated carbocycles. The van der Waals surface area contributed by atoms with Gasteiger partial charge >= 0.3 is 11.9 Å². The fraction of sp³-hybridized carbons (Fsp3) is 0.846. The van der Waals surface area contributed by atoms with Crippen LogP contribution in [0.4, 0.5) is 0 Å². The quantitative estimate of drug-likeness (QED) is 0.581. The molecule has 0 aromatic rings. The maximum Gasteiger partial charge on any atom is 0.307 e. The van der Waals surface area contributed by atoms with Gasteiger partial charge in [0.1, 0.15) is 0 Å². The highest BCUT2D eigenvalue weighted by Crippen LogP contribution is 2.04. The maximum atomic E-state index is 10.9. The summed E-state index contributed by atoms with van der Waals surface area (Å²) >= 11 is 0. The summed E-state index contributed by atoms with van der Waals surface area (Å²) in [4.78, 5) is 25.5. The molecule has 6 heteroatoms. The molecule has 0 aliphatic heterocycles. The smallest absolute Gasteiger partial charge is 0.307 e. The molecule has 0 saturated heterocycles. The zero-order valence-electron chi connectivity index (χ0n) is 12.1. The van der Waals surface area contributed by atoms with Crippen LogP contribution in [-0.2, 0) is 9.59 Å². The van der Waals surface area contributed by atoms with Gasteiger partial charge in [0, 0.05) is 13.0 Å². The van der Waals surface area contributed by atoms with E-state index in [-0.39, 0.29) is 6.42 Å². The maximum absolute atomic E-state index is 10.9. The van der Waals surface area contributed by atoms with Gasteiger partial charge in [0.15, 0.2) is 0 Å². The van der Waals surface area contributed by atoms with E-state index in [0.717, 1.165) is 19.5 Å². The molecular formula is C13H26N2O4. The summed E-state index contributed by atoms with van der Waals surface area (Å²) < 4.78 is 0. The van der Waals surface area contributed by atoms with Gasteiger partial charge in [0.2, 0.25) is 0 Å². The molecule has 0 spiro atoms. The highest BCUT2D eigenvalue weighted by atomic mass is 16.4. The number of aliphatic carboxylic acids is 2. The molecular weight excluding hydrogens is 248 g/mol. The number of nitrogens with zero attached hydrogens (tertiary/aromatic N) is 2. The third-order valence-corrected chi connectivity index (χ3v) is 2.90. The summed E-state index contributed by atoms with van der Waals surface area (Å²) in [6.07, 6.45) is 1.64. The summed E-state index contributed by atoms with van der Waals surface area (Å²) in [6.45, 7) is 4.53. The van der Waals surface area contributed by atoms with Crippen LogP contribution in [0.25, 0.3) is 0 Å². The van der Waals surface area contributed by atoms with E-state index < -0.39 is 17.9 Å². The van der Waals surface area contributed by atoms with E-state index in [2.05, 4.69) is 4.90 Å². The van der Waals surface area contributed by atoms with Crippen LogP contribution in [0.1, 0.15) is 26.2 Å². The number of carboxylic acids is 2. The molecule has 0 aromatic carbocycles. The molecule has 0 heterocycles. The summed E-state index contributed by atoms with van der Waals surface area (Å²) in [7, 11) is 3.99. The first-order valence-corrected chi connectivity index (χ1v) is 6.64. The van der Waals surface area contributed by atoms with E-state index in [1.807, 2.05) is 19.0 Å². The van der Waals surface area contributed by atoms with Crippen molar-refractivity contribution in [3.05, 3.63) is 0 Å². The number of carboxylic acid groups (broad SMARTS) is 2. The van der Waals surface area contributed by atoms with Gasteiger partial charge in [-0.3, -0.25) is 9.59 Å². The van der Waals surface area contributed by atoms with Crippen LogP contribution in [-0.4, -0.2) is 72.2 Å². The Kier molecular flexibility index (Phi) is 9.16. The van der Waals surface area contributed by atoms with E-state index in [9.17, 15) is 9.59 Å². The summed E-state index contributed by atoms with van der Waals surface area (Å²) in [5.41, 5.74) is 0. The van der Waals surface area contributed by atoms with Crippen molar-refractivity contribution in [3.8, 4) is 0 Å². The molecule has 0 rings (SSSR count). The Bertz CT molecular complexity index is 282. The van der Waals surface area contributed by atoms with Crippen molar-refractivity contribution < 1.29 is 19.8 Å². The molecule has 19 heavy (non-hydrogen) atoms. The molecule has 0 radical (unpaired) electrons. The summed E-state index contributed by atoms with van der Waals surface area (Å²) in [5, 5.41) is 17.6. The Morgan fingerprint density at radius 1 is 1.05 bits per heavy atom. The molecule has 0 aliphatic carbocycles. The molecule has 0 bridgehead atoms. The van der Waals surface area contributed by atoms with Gasteiger partial charge < -0.3 is 20.0 Å². The number of carbonyl (C=O) groups is 2. The van der Waals surface area contributed by atoms with Crippen LogP contribution in [0.15, 0.2) is 0 Å². The van der Waals surface area contributed by atoms with Crippen molar-refractivity contribution in [1.82, 2.24) is 9.80 Å². The second kappa shape index (κ2) is 9.75. The predicted octanol–water partition coefficient (Wildman–Crippen LogP) is 0.826. The van der Waals surface area contributed by atoms with Gasteiger partial charge in [-0.2, -0.15) is 0 Å². The Balaban J connectivity index is 4.13. The van der Waals surface area contributed by atoms with E-state index >= 15 is 0 Å². The van der Waals surface area contributed by atoms with Crippen LogP contribution < -0.4 is 0 Å². The average Bonchev–Trinajstić information content (AvgIpc) is 2.27. The normalized spacial score (nSPS) is 12.9. The first kappa shape index (κ1) is 17.9. The van der Waals surface area contributed by atoms with Crippen LogP contribution in [0, 0.1) is 5.92 Å². The Morgan fingerprint density at radius 3 is 2.11 bits per heavy atom. The van der Waals surface area contributed by atoms with E-state index in [1.54, 1.807) is 6.92 Å². The lowest BCUT2D eigenvalue weighted by atomic mass is 10.1. The van der Waals surface area contributed by atoms with Gasteiger partial charge in [-0.15, -0.1) is 0 Å². The molecule has 0 fully saturated rings. The minimum Gasteiger partial charge on any atom is -0.481 e. The van der Waals surface area contributed by atoms with Crippen molar-refractivity contribution in [2.45, 2.75) is 26.2 Å². The molecule has 6 nitrogen and oxygen atoms in total. The number of rotatable bonds is 11. The average molecular weight is 274 g/mol. The topological polar surface area (TPSA) is 81.1 Å². The van der Waals surface area contributed by atoms with Crippen molar-refractivity contribution in [2.75, 3.05) is 40.3 Å². The van der Waals surface area contributed by atoms with Crippen molar-refractivity contribution in [3.63, 3.8) is 0 Å². The van der Waals surface area contributed by atoms with Crippen LogP contribution in [0.3, 0.4) is 0 Å². The Labute approximate surface area is 115 Å². The van der Waals surface area contributed by atoms with Crippen LogP contribution in [0.5, 0.6) is 0 Å². The number of hydrogen-bond donors (Lipinski definition) is 2. The summed E-state index contributed by atoms with van der Waals surface area (Å²) in [6, 6.07) is 0. The zero-order valence-corrected chi connectivity index (χ0v) is 12.1. The third-order valence-electron chi connectivity index (χ3n) is 2.90. The lowest BCUT2D eigenvalue weighted by Crippen LogP contribution is -2.34. The SMILES string of the molecule is CC(CN(CCCC(=O)O)CCCN(C)C)C(=O)O. The Morgan fingerprint density at radius 2 is 1.63 bits per heavy atom. The van der Waals surface area contributed by atoms with Crippen molar-refractivity contribution in [2.24, 2.45) is 5.92 Å². The zero-order chi connectivity index (χ0) is 14.8. The molecule has 1 unspecified atom stereocenters. The molecule has 0 aliphatic rings. The lowest BCUT2D eigenvalue weighted by Gasteiger charge is -2.24. The largest absolute Gasteiger partial charge is 0.481 e. The molecule has 1 atom stereocenters. The minimum absolute atomic E-state index is 0.131. The first-order chi connectivity index (χ1) is 8.82. The molecule has 0 amide bonds. The second-order valence-corrected chi connectivity index (χ2v) is 5.19. The highest BCUT2D eigenvalue weighted by Gasteiger charge is 2.16. The van der Waals surface area contributed by atoms with Gasteiger partial charge in [-0.1, -0.05) is 6.92 Å². The molecule has 112 valence electrons. The highest BCUT2D eigenvalue weighted by molar-refractivity contribution is 5.69. The lowest BCUT2D eigenvalue weighted by molar-refractivity contribution is -0.142. The Hall–Kier alpha value is -1.14. The standard InChI is InChI=1S/C13H26N2O4/c1-11(13(18)19)10-15(8-4-6-12(16)17)9-5-7-14(2)3/h11H,4-10H2,1-3H3,(H,16,17)(H,18,19). The molecule has 0 aromatic heterocycles. The van der Waals surface area contributed by atoms with E-state index in [1.165, 1.54) is 0 Å². The van der Waals surface area contributed by atoms with Gasteiger partial charge in [0.05, 0.1) is 5.92 Å². The van der Waals surface area contributed by atoms with Crippen LogP contribution >= 0.6 is 0 Å². The summed E-state index contributed by atoms with van der Waals surface area (Å²) in [5.74, 6) is -2.04. The monoisotopic (exact) mass is 274 g/mol. The first-order valence-electron chi connectivity index (χ1n) is 6.64. The van der Waals surface area contributed by atoms with Crippen molar-refractivity contribution >= 4 is 11.9 Å².